The molecule has 2 aliphatic rings. The fourth-order valence-electron chi connectivity index (χ4n) is 3.12. The summed E-state index contributed by atoms with van der Waals surface area (Å²) in [4.78, 5) is 7.71. The highest BCUT2D eigenvalue weighted by Gasteiger charge is 2.18. The molecular formula is C17H27N3O. The number of hydrogen-bond donors (Lipinski definition) is 0. The van der Waals surface area contributed by atoms with Gasteiger partial charge in [0.2, 0.25) is 0 Å². The fourth-order valence-corrected chi connectivity index (χ4v) is 3.12. The smallest absolute Gasteiger partial charge is 0.0594 e. The molecule has 0 aromatic heterocycles. The number of rotatable bonds is 5. The zero-order valence-corrected chi connectivity index (χ0v) is 12.9. The Morgan fingerprint density at radius 2 is 1.29 bits per heavy atom. The van der Waals surface area contributed by atoms with Crippen LogP contribution in [0.25, 0.3) is 0 Å². The van der Waals surface area contributed by atoms with Crippen LogP contribution in [0.4, 0.5) is 0 Å². The molecule has 4 heteroatoms. The van der Waals surface area contributed by atoms with E-state index in [0.717, 1.165) is 32.8 Å². The number of piperazine rings is 1. The molecule has 0 unspecified atom stereocenters. The van der Waals surface area contributed by atoms with Gasteiger partial charge < -0.3 is 4.74 Å². The van der Waals surface area contributed by atoms with Crippen molar-refractivity contribution >= 4 is 0 Å². The summed E-state index contributed by atoms with van der Waals surface area (Å²) in [5, 5.41) is 0. The Morgan fingerprint density at radius 1 is 0.714 bits per heavy atom. The molecule has 2 heterocycles. The van der Waals surface area contributed by atoms with E-state index in [2.05, 4.69) is 45.0 Å². The molecule has 3 rings (SSSR count). The Balaban J connectivity index is 1.35. The van der Waals surface area contributed by atoms with E-state index < -0.39 is 0 Å². The molecule has 116 valence electrons. The maximum absolute atomic E-state index is 5.40. The minimum Gasteiger partial charge on any atom is -0.379 e. The van der Waals surface area contributed by atoms with Crippen molar-refractivity contribution in [1.82, 2.24) is 14.7 Å². The first kappa shape index (κ1) is 15.0. The Morgan fingerprint density at radius 3 is 1.95 bits per heavy atom. The molecule has 0 aliphatic carbocycles. The van der Waals surface area contributed by atoms with Gasteiger partial charge in [-0.25, -0.2) is 0 Å². The van der Waals surface area contributed by atoms with Crippen molar-refractivity contribution in [3.63, 3.8) is 0 Å². The molecule has 4 nitrogen and oxygen atoms in total. The summed E-state index contributed by atoms with van der Waals surface area (Å²) in [5.74, 6) is 0. The summed E-state index contributed by atoms with van der Waals surface area (Å²) in [6.07, 6.45) is 0. The van der Waals surface area contributed by atoms with E-state index in [-0.39, 0.29) is 0 Å². The molecule has 2 fully saturated rings. The first-order valence-electron chi connectivity index (χ1n) is 8.19. The third kappa shape index (κ3) is 4.78. The summed E-state index contributed by atoms with van der Waals surface area (Å²) in [6.45, 7) is 12.3. The minimum absolute atomic E-state index is 0.908. The van der Waals surface area contributed by atoms with E-state index in [0.29, 0.717) is 0 Å². The third-order valence-electron chi connectivity index (χ3n) is 4.55. The summed E-state index contributed by atoms with van der Waals surface area (Å²) in [7, 11) is 0. The molecule has 2 aliphatic heterocycles. The zero-order chi connectivity index (χ0) is 14.3. The lowest BCUT2D eigenvalue weighted by molar-refractivity contribution is 0.0297. The van der Waals surface area contributed by atoms with Crippen LogP contribution < -0.4 is 0 Å². The topological polar surface area (TPSA) is 19.0 Å². The molecule has 1 aromatic carbocycles. The van der Waals surface area contributed by atoms with Crippen LogP contribution >= 0.6 is 0 Å². The lowest BCUT2D eigenvalue weighted by Gasteiger charge is -2.36. The van der Waals surface area contributed by atoms with Gasteiger partial charge in [0.25, 0.3) is 0 Å². The Hall–Kier alpha value is -0.940. The quantitative estimate of drug-likeness (QED) is 0.809. The van der Waals surface area contributed by atoms with Gasteiger partial charge in [0, 0.05) is 58.9 Å². The van der Waals surface area contributed by atoms with E-state index in [1.807, 2.05) is 0 Å². The first-order valence-corrected chi connectivity index (χ1v) is 8.19. The second-order valence-electron chi connectivity index (χ2n) is 6.06. The van der Waals surface area contributed by atoms with Crippen molar-refractivity contribution in [2.75, 3.05) is 65.6 Å². The van der Waals surface area contributed by atoms with E-state index in [9.17, 15) is 0 Å². The van der Waals surface area contributed by atoms with E-state index >= 15 is 0 Å². The van der Waals surface area contributed by atoms with Crippen LogP contribution in [0.5, 0.6) is 0 Å². The second-order valence-corrected chi connectivity index (χ2v) is 6.06. The summed E-state index contributed by atoms with van der Waals surface area (Å²) in [6, 6.07) is 10.8. The minimum atomic E-state index is 0.908. The van der Waals surface area contributed by atoms with Crippen LogP contribution in [0, 0.1) is 0 Å². The molecule has 0 saturated carbocycles. The lowest BCUT2D eigenvalue weighted by atomic mass is 10.2. The average Bonchev–Trinajstić information content (AvgIpc) is 2.56. The number of morpholine rings is 1. The van der Waals surface area contributed by atoms with Gasteiger partial charge in [-0.1, -0.05) is 30.3 Å². The van der Waals surface area contributed by atoms with Gasteiger partial charge in [0.05, 0.1) is 13.2 Å². The average molecular weight is 289 g/mol. The van der Waals surface area contributed by atoms with Crippen LogP contribution in [-0.2, 0) is 11.3 Å². The van der Waals surface area contributed by atoms with Crippen LogP contribution in [0.3, 0.4) is 0 Å². The number of hydrogen-bond acceptors (Lipinski definition) is 4. The Bertz CT molecular complexity index is 398. The van der Waals surface area contributed by atoms with Gasteiger partial charge in [-0.3, -0.25) is 14.7 Å². The maximum atomic E-state index is 5.40. The van der Waals surface area contributed by atoms with Crippen molar-refractivity contribution in [3.8, 4) is 0 Å². The molecule has 0 bridgehead atoms. The standard InChI is InChI=1S/C17H27N3O/c1-2-4-17(5-3-1)16-20-10-8-18(9-11-20)6-7-19-12-14-21-15-13-19/h1-5H,6-16H2. The lowest BCUT2D eigenvalue weighted by Crippen LogP contribution is -2.49. The Labute approximate surface area is 128 Å². The molecule has 0 radical (unpaired) electrons. The van der Waals surface area contributed by atoms with Gasteiger partial charge in [-0.15, -0.1) is 0 Å². The molecule has 1 aromatic rings. The molecule has 0 spiro atoms. The largest absolute Gasteiger partial charge is 0.379 e. The van der Waals surface area contributed by atoms with E-state index in [4.69, 9.17) is 4.74 Å². The van der Waals surface area contributed by atoms with Crippen molar-refractivity contribution in [2.24, 2.45) is 0 Å². The van der Waals surface area contributed by atoms with Gasteiger partial charge in [-0.05, 0) is 5.56 Å². The third-order valence-corrected chi connectivity index (χ3v) is 4.55. The molecule has 0 N–H and O–H groups in total. The Kier molecular flexibility index (Phi) is 5.63. The van der Waals surface area contributed by atoms with Gasteiger partial charge in [0.1, 0.15) is 0 Å². The summed E-state index contributed by atoms with van der Waals surface area (Å²) in [5.41, 5.74) is 1.43. The highest BCUT2D eigenvalue weighted by Crippen LogP contribution is 2.08. The molecule has 2 saturated heterocycles. The van der Waals surface area contributed by atoms with Crippen molar-refractivity contribution < 1.29 is 4.74 Å². The number of nitrogens with zero attached hydrogens (tertiary/aromatic N) is 3. The van der Waals surface area contributed by atoms with Crippen LogP contribution in [0.15, 0.2) is 30.3 Å². The normalized spacial score (nSPS) is 22.5. The predicted octanol–water partition coefficient (Wildman–Crippen LogP) is 1.14. The van der Waals surface area contributed by atoms with Crippen molar-refractivity contribution in [3.05, 3.63) is 35.9 Å². The van der Waals surface area contributed by atoms with Gasteiger partial charge in [-0.2, -0.15) is 0 Å². The van der Waals surface area contributed by atoms with E-state index in [1.54, 1.807) is 0 Å². The van der Waals surface area contributed by atoms with Crippen LogP contribution in [-0.4, -0.2) is 80.3 Å². The monoisotopic (exact) mass is 289 g/mol. The van der Waals surface area contributed by atoms with Crippen LogP contribution in [0.2, 0.25) is 0 Å². The maximum Gasteiger partial charge on any atom is 0.0594 e. The highest BCUT2D eigenvalue weighted by atomic mass is 16.5. The number of benzene rings is 1. The molecule has 0 amide bonds. The highest BCUT2D eigenvalue weighted by molar-refractivity contribution is 5.14. The van der Waals surface area contributed by atoms with Gasteiger partial charge >= 0.3 is 0 Å². The van der Waals surface area contributed by atoms with Crippen LogP contribution in [0.1, 0.15) is 5.56 Å². The SMILES string of the molecule is c1ccc(CN2CCN(CCN3CCOCC3)CC2)cc1. The summed E-state index contributed by atoms with van der Waals surface area (Å²) >= 11 is 0. The van der Waals surface area contributed by atoms with E-state index in [1.165, 1.54) is 44.8 Å². The number of ether oxygens (including phenoxy) is 1. The summed E-state index contributed by atoms with van der Waals surface area (Å²) < 4.78 is 5.40. The molecule has 21 heavy (non-hydrogen) atoms. The molecule has 0 atom stereocenters. The zero-order valence-electron chi connectivity index (χ0n) is 12.9. The molecular weight excluding hydrogens is 262 g/mol. The predicted molar refractivity (Wildman–Crippen MR) is 85.4 cm³/mol. The van der Waals surface area contributed by atoms with Crippen molar-refractivity contribution in [1.29, 1.82) is 0 Å². The second kappa shape index (κ2) is 7.90. The fraction of sp³-hybridized carbons (Fsp3) is 0.647. The van der Waals surface area contributed by atoms with Gasteiger partial charge in [0.15, 0.2) is 0 Å². The van der Waals surface area contributed by atoms with Crippen molar-refractivity contribution in [2.45, 2.75) is 6.54 Å². The first-order chi connectivity index (χ1) is 10.4.